The summed E-state index contributed by atoms with van der Waals surface area (Å²) in [6.07, 6.45) is 0. The van der Waals surface area contributed by atoms with Crippen LogP contribution in [0.15, 0.2) is 48.0 Å². The molecule has 2 aliphatic rings. The molecule has 5 rings (SSSR count). The fraction of sp³-hybridized carbons (Fsp3) is 0.333. The van der Waals surface area contributed by atoms with Gasteiger partial charge in [-0.15, -0.1) is 11.3 Å². The average Bonchev–Trinajstić information content (AvgIpc) is 3.42. The van der Waals surface area contributed by atoms with Crippen LogP contribution in [0.3, 0.4) is 0 Å². The summed E-state index contributed by atoms with van der Waals surface area (Å²) in [6, 6.07) is 14.1. The molecule has 5 nitrogen and oxygen atoms in total. The van der Waals surface area contributed by atoms with E-state index in [0.29, 0.717) is 11.8 Å². The van der Waals surface area contributed by atoms with Crippen molar-refractivity contribution in [1.29, 1.82) is 0 Å². The Morgan fingerprint density at radius 2 is 2.07 bits per heavy atom. The number of nitrogens with zero attached hydrogens (tertiary/aromatic N) is 2. The highest BCUT2D eigenvalue weighted by Gasteiger charge is 2.47. The van der Waals surface area contributed by atoms with Crippen LogP contribution in [0, 0.1) is 11.8 Å². The van der Waals surface area contributed by atoms with Crippen molar-refractivity contribution in [2.75, 3.05) is 26.7 Å². The van der Waals surface area contributed by atoms with Crippen LogP contribution in [0.1, 0.15) is 22.0 Å². The highest BCUT2D eigenvalue weighted by atomic mass is 32.1. The maximum atomic E-state index is 13.6. The van der Waals surface area contributed by atoms with Crippen LogP contribution < -0.4 is 10.1 Å². The summed E-state index contributed by atoms with van der Waals surface area (Å²) in [4.78, 5) is 20.0. The minimum absolute atomic E-state index is 0.0894. The van der Waals surface area contributed by atoms with Crippen LogP contribution in [0.25, 0.3) is 10.2 Å². The Morgan fingerprint density at radius 1 is 1.22 bits per heavy atom. The lowest BCUT2D eigenvalue weighted by molar-refractivity contribution is 0.0716. The molecule has 3 atom stereocenters. The predicted octanol–water partition coefficient (Wildman–Crippen LogP) is 3.34. The number of likely N-dealkylation sites (tertiary alicyclic amines) is 1. The van der Waals surface area contributed by atoms with E-state index in [1.165, 1.54) is 16.9 Å². The fourth-order valence-corrected chi connectivity index (χ4v) is 5.36. The van der Waals surface area contributed by atoms with Crippen LogP contribution in [-0.4, -0.2) is 42.5 Å². The standard InChI is InChI=1S/C21H21N3O2S/c1-26-15-7-5-13(6-8-15)19-17-10-22-9-14(17)11-24(19)21(25)16-3-2-4-18-20(16)27-12-23-18/h2-8,12,14,17,19,22H,9-11H2,1H3/t14-,17-,19-/m0/s1. The smallest absolute Gasteiger partial charge is 0.255 e. The highest BCUT2D eigenvalue weighted by molar-refractivity contribution is 7.17. The SMILES string of the molecule is COc1ccc([C@H]2[C@H]3CNC[C@H]3CN2C(=O)c2cccc3ncsc23)cc1. The number of hydrogen-bond donors (Lipinski definition) is 1. The summed E-state index contributed by atoms with van der Waals surface area (Å²) < 4.78 is 6.28. The van der Waals surface area contributed by atoms with E-state index in [-0.39, 0.29) is 11.9 Å². The molecule has 3 heterocycles. The number of nitrogens with one attached hydrogen (secondary N) is 1. The number of rotatable bonds is 3. The molecule has 3 aromatic rings. The van der Waals surface area contributed by atoms with Gasteiger partial charge in [0.2, 0.25) is 0 Å². The number of ether oxygens (including phenoxy) is 1. The summed E-state index contributed by atoms with van der Waals surface area (Å²) in [7, 11) is 1.67. The maximum Gasteiger partial charge on any atom is 0.255 e. The molecule has 0 radical (unpaired) electrons. The summed E-state index contributed by atoms with van der Waals surface area (Å²) in [5.41, 5.74) is 4.65. The van der Waals surface area contributed by atoms with Crippen molar-refractivity contribution < 1.29 is 9.53 Å². The van der Waals surface area contributed by atoms with Crippen LogP contribution in [0.2, 0.25) is 0 Å². The monoisotopic (exact) mass is 379 g/mol. The van der Waals surface area contributed by atoms with Gasteiger partial charge in [0.25, 0.3) is 5.91 Å². The molecule has 1 N–H and O–H groups in total. The quantitative estimate of drug-likeness (QED) is 0.758. The van der Waals surface area contributed by atoms with Gasteiger partial charge in [0, 0.05) is 25.6 Å². The van der Waals surface area contributed by atoms with E-state index in [0.717, 1.165) is 41.2 Å². The van der Waals surface area contributed by atoms with Gasteiger partial charge in [0.1, 0.15) is 5.75 Å². The van der Waals surface area contributed by atoms with E-state index in [1.807, 2.05) is 35.8 Å². The van der Waals surface area contributed by atoms with Crippen molar-refractivity contribution in [1.82, 2.24) is 15.2 Å². The third kappa shape index (κ3) is 2.71. The number of carbonyl (C=O) groups is 1. The normalized spacial score (nSPS) is 24.3. The van der Waals surface area contributed by atoms with Crippen molar-refractivity contribution in [3.8, 4) is 5.75 Å². The molecule has 0 unspecified atom stereocenters. The third-order valence-electron chi connectivity index (χ3n) is 5.87. The number of carbonyl (C=O) groups excluding carboxylic acids is 1. The number of methoxy groups -OCH3 is 1. The molecular weight excluding hydrogens is 358 g/mol. The lowest BCUT2D eigenvalue weighted by Gasteiger charge is -2.29. The molecule has 2 aliphatic heterocycles. The number of aromatic nitrogens is 1. The Labute approximate surface area is 162 Å². The zero-order valence-corrected chi connectivity index (χ0v) is 15.9. The molecule has 0 saturated carbocycles. The van der Waals surface area contributed by atoms with Crippen molar-refractivity contribution >= 4 is 27.5 Å². The Balaban J connectivity index is 1.54. The van der Waals surface area contributed by atoms with Crippen molar-refractivity contribution in [3.05, 3.63) is 59.1 Å². The highest BCUT2D eigenvalue weighted by Crippen LogP contribution is 2.44. The first kappa shape index (κ1) is 16.7. The van der Waals surface area contributed by atoms with Gasteiger partial charge in [-0.3, -0.25) is 4.79 Å². The summed E-state index contributed by atoms with van der Waals surface area (Å²) in [5, 5.41) is 3.50. The Hall–Kier alpha value is -2.44. The van der Waals surface area contributed by atoms with E-state index in [1.54, 1.807) is 7.11 Å². The lowest BCUT2D eigenvalue weighted by Crippen LogP contribution is -2.34. The maximum absolute atomic E-state index is 13.6. The second kappa shape index (κ2) is 6.62. The average molecular weight is 379 g/mol. The summed E-state index contributed by atoms with van der Waals surface area (Å²) >= 11 is 1.54. The number of amides is 1. The molecule has 2 saturated heterocycles. The van der Waals surface area contributed by atoms with E-state index >= 15 is 0 Å². The minimum Gasteiger partial charge on any atom is -0.497 e. The number of hydrogen-bond acceptors (Lipinski definition) is 5. The van der Waals surface area contributed by atoms with Gasteiger partial charge in [0.15, 0.2) is 0 Å². The molecule has 0 bridgehead atoms. The van der Waals surface area contributed by atoms with Gasteiger partial charge in [-0.25, -0.2) is 4.98 Å². The largest absolute Gasteiger partial charge is 0.497 e. The van der Waals surface area contributed by atoms with Gasteiger partial charge >= 0.3 is 0 Å². The second-order valence-corrected chi connectivity index (χ2v) is 8.12. The molecule has 1 aromatic heterocycles. The molecule has 1 amide bonds. The van der Waals surface area contributed by atoms with Gasteiger partial charge in [0.05, 0.1) is 34.4 Å². The first-order valence-electron chi connectivity index (χ1n) is 9.24. The first-order valence-corrected chi connectivity index (χ1v) is 10.1. The molecule has 2 aromatic carbocycles. The third-order valence-corrected chi connectivity index (χ3v) is 6.75. The fourth-order valence-electron chi connectivity index (χ4n) is 4.57. The first-order chi connectivity index (χ1) is 13.3. The van der Waals surface area contributed by atoms with Crippen molar-refractivity contribution in [2.45, 2.75) is 6.04 Å². The molecular formula is C21H21N3O2S. The molecule has 27 heavy (non-hydrogen) atoms. The van der Waals surface area contributed by atoms with Crippen molar-refractivity contribution in [2.24, 2.45) is 11.8 Å². The second-order valence-electron chi connectivity index (χ2n) is 7.26. The number of benzene rings is 2. The molecule has 138 valence electrons. The topological polar surface area (TPSA) is 54.5 Å². The molecule has 2 fully saturated rings. The van der Waals surface area contributed by atoms with Gasteiger partial charge < -0.3 is 15.0 Å². The van der Waals surface area contributed by atoms with Gasteiger partial charge in [-0.2, -0.15) is 0 Å². The Bertz CT molecular complexity index is 985. The van der Waals surface area contributed by atoms with Gasteiger partial charge in [-0.05, 0) is 35.7 Å². The summed E-state index contributed by atoms with van der Waals surface area (Å²) in [6.45, 7) is 2.73. The van der Waals surface area contributed by atoms with Crippen LogP contribution in [0.4, 0.5) is 0 Å². The van der Waals surface area contributed by atoms with E-state index in [4.69, 9.17) is 4.74 Å². The molecule has 0 spiro atoms. The Morgan fingerprint density at radius 3 is 2.89 bits per heavy atom. The molecule has 6 heteroatoms. The number of thiazole rings is 1. The van der Waals surface area contributed by atoms with Crippen LogP contribution in [-0.2, 0) is 0 Å². The number of fused-ring (bicyclic) bond motifs is 2. The van der Waals surface area contributed by atoms with E-state index in [9.17, 15) is 4.79 Å². The predicted molar refractivity (Wildman–Crippen MR) is 106 cm³/mol. The van der Waals surface area contributed by atoms with Gasteiger partial charge in [-0.1, -0.05) is 18.2 Å². The van der Waals surface area contributed by atoms with E-state index < -0.39 is 0 Å². The Kier molecular flexibility index (Phi) is 4.10. The van der Waals surface area contributed by atoms with E-state index in [2.05, 4.69) is 27.3 Å². The minimum atomic E-state index is 0.0894. The zero-order valence-electron chi connectivity index (χ0n) is 15.1. The van der Waals surface area contributed by atoms with Crippen molar-refractivity contribution in [3.63, 3.8) is 0 Å². The molecule has 0 aliphatic carbocycles. The van der Waals surface area contributed by atoms with Crippen LogP contribution in [0.5, 0.6) is 5.75 Å². The lowest BCUT2D eigenvalue weighted by atomic mass is 9.89. The zero-order chi connectivity index (χ0) is 18.4. The van der Waals surface area contributed by atoms with Crippen LogP contribution >= 0.6 is 11.3 Å². The summed E-state index contributed by atoms with van der Waals surface area (Å²) in [5.74, 6) is 1.90.